The summed E-state index contributed by atoms with van der Waals surface area (Å²) in [6.07, 6.45) is 0.421. The molecule has 0 aliphatic heterocycles. The number of benzene rings is 1. The molecule has 0 radical (unpaired) electrons. The Kier molecular flexibility index (Phi) is 4.39. The second-order valence-electron chi connectivity index (χ2n) is 3.63. The van der Waals surface area contributed by atoms with Crippen molar-refractivity contribution in [2.75, 3.05) is 5.32 Å². The summed E-state index contributed by atoms with van der Waals surface area (Å²) in [6, 6.07) is 7.12. The zero-order valence-corrected chi connectivity index (χ0v) is 9.53. The third kappa shape index (κ3) is 4.06. The standard InChI is InChI=1S/C12H14N2O3/c1-8(15)14-10-5-3-2-4-9(10)6-7-11(16)12(13)17/h2-5H,6-7H2,1H3,(H2,13,17)(H,14,15). The minimum atomic E-state index is -0.929. The summed E-state index contributed by atoms with van der Waals surface area (Å²) in [4.78, 5) is 32.6. The topological polar surface area (TPSA) is 89.3 Å². The van der Waals surface area contributed by atoms with Gasteiger partial charge in [0.15, 0.2) is 0 Å². The van der Waals surface area contributed by atoms with E-state index >= 15 is 0 Å². The summed E-state index contributed by atoms with van der Waals surface area (Å²) in [7, 11) is 0. The molecule has 17 heavy (non-hydrogen) atoms. The maximum Gasteiger partial charge on any atom is 0.284 e. The molecule has 0 fully saturated rings. The zero-order valence-electron chi connectivity index (χ0n) is 9.53. The van der Waals surface area contributed by atoms with Crippen molar-refractivity contribution in [2.45, 2.75) is 19.8 Å². The highest BCUT2D eigenvalue weighted by atomic mass is 16.2. The van der Waals surface area contributed by atoms with Gasteiger partial charge >= 0.3 is 0 Å². The number of primary amides is 1. The van der Waals surface area contributed by atoms with Gasteiger partial charge in [-0.25, -0.2) is 0 Å². The molecule has 0 aliphatic carbocycles. The Hall–Kier alpha value is -2.17. The van der Waals surface area contributed by atoms with Crippen LogP contribution >= 0.6 is 0 Å². The number of nitrogens with two attached hydrogens (primary N) is 1. The number of carbonyl (C=O) groups is 3. The third-order valence-electron chi connectivity index (χ3n) is 2.22. The number of anilines is 1. The maximum absolute atomic E-state index is 11.1. The lowest BCUT2D eigenvalue weighted by atomic mass is 10.1. The van der Waals surface area contributed by atoms with E-state index in [9.17, 15) is 14.4 Å². The molecule has 0 saturated heterocycles. The molecule has 1 aromatic rings. The largest absolute Gasteiger partial charge is 0.363 e. The van der Waals surface area contributed by atoms with Crippen molar-refractivity contribution in [3.63, 3.8) is 0 Å². The number of carbonyl (C=O) groups excluding carboxylic acids is 3. The molecule has 0 saturated carbocycles. The SMILES string of the molecule is CC(=O)Nc1ccccc1CCC(=O)C(N)=O. The number of hydrogen-bond donors (Lipinski definition) is 2. The average Bonchev–Trinajstić information content (AvgIpc) is 2.26. The average molecular weight is 234 g/mol. The molecular formula is C12H14N2O3. The number of aryl methyl sites for hydroxylation is 1. The molecule has 1 rings (SSSR count). The fourth-order valence-electron chi connectivity index (χ4n) is 1.42. The van der Waals surface area contributed by atoms with E-state index < -0.39 is 11.7 Å². The van der Waals surface area contributed by atoms with Gasteiger partial charge in [-0.1, -0.05) is 18.2 Å². The van der Waals surface area contributed by atoms with Gasteiger partial charge in [0.2, 0.25) is 11.7 Å². The Morgan fingerprint density at radius 1 is 1.24 bits per heavy atom. The van der Waals surface area contributed by atoms with Crippen LogP contribution in [0.15, 0.2) is 24.3 Å². The van der Waals surface area contributed by atoms with Gasteiger partial charge in [0.25, 0.3) is 5.91 Å². The van der Waals surface area contributed by atoms with Crippen LogP contribution in [0.25, 0.3) is 0 Å². The molecule has 0 aromatic heterocycles. The van der Waals surface area contributed by atoms with Crippen LogP contribution in [0.1, 0.15) is 18.9 Å². The van der Waals surface area contributed by atoms with Gasteiger partial charge in [-0.3, -0.25) is 14.4 Å². The molecular weight excluding hydrogens is 220 g/mol. The Bertz CT molecular complexity index is 455. The van der Waals surface area contributed by atoms with Gasteiger partial charge in [0.1, 0.15) is 0 Å². The van der Waals surface area contributed by atoms with Crippen molar-refractivity contribution in [1.29, 1.82) is 0 Å². The summed E-state index contributed by atoms with van der Waals surface area (Å²) in [5.74, 6) is -1.72. The molecule has 0 bridgehead atoms. The van der Waals surface area contributed by atoms with Crippen LogP contribution in [0.3, 0.4) is 0 Å². The lowest BCUT2D eigenvalue weighted by Crippen LogP contribution is -2.23. The van der Waals surface area contributed by atoms with Crippen molar-refractivity contribution in [2.24, 2.45) is 5.73 Å². The summed E-state index contributed by atoms with van der Waals surface area (Å²) < 4.78 is 0. The number of para-hydroxylation sites is 1. The number of ketones is 1. The van der Waals surface area contributed by atoms with Crippen LogP contribution < -0.4 is 11.1 Å². The molecule has 2 amide bonds. The first-order chi connectivity index (χ1) is 8.00. The second-order valence-corrected chi connectivity index (χ2v) is 3.63. The van der Waals surface area contributed by atoms with E-state index in [1.807, 2.05) is 0 Å². The van der Waals surface area contributed by atoms with Gasteiger partial charge in [-0.15, -0.1) is 0 Å². The number of nitrogens with one attached hydrogen (secondary N) is 1. The van der Waals surface area contributed by atoms with E-state index in [0.717, 1.165) is 5.56 Å². The van der Waals surface area contributed by atoms with Crippen LogP contribution in [0.2, 0.25) is 0 Å². The lowest BCUT2D eigenvalue weighted by molar-refractivity contribution is -0.135. The van der Waals surface area contributed by atoms with E-state index in [1.165, 1.54) is 6.92 Å². The second kappa shape index (κ2) is 5.79. The van der Waals surface area contributed by atoms with Crippen molar-refractivity contribution in [3.8, 4) is 0 Å². The predicted octanol–water partition coefficient (Wildman–Crippen LogP) is 0.632. The monoisotopic (exact) mass is 234 g/mol. The number of hydrogen-bond acceptors (Lipinski definition) is 3. The van der Waals surface area contributed by atoms with Crippen molar-refractivity contribution < 1.29 is 14.4 Å². The zero-order chi connectivity index (χ0) is 12.8. The number of rotatable bonds is 5. The first-order valence-corrected chi connectivity index (χ1v) is 5.19. The van der Waals surface area contributed by atoms with E-state index in [2.05, 4.69) is 5.32 Å². The van der Waals surface area contributed by atoms with Crippen molar-refractivity contribution in [1.82, 2.24) is 0 Å². The highest BCUT2D eigenvalue weighted by Gasteiger charge is 2.10. The quantitative estimate of drug-likeness (QED) is 0.732. The fraction of sp³-hybridized carbons (Fsp3) is 0.250. The van der Waals surface area contributed by atoms with Crippen LogP contribution in [0.4, 0.5) is 5.69 Å². The van der Waals surface area contributed by atoms with Gasteiger partial charge in [0, 0.05) is 19.0 Å². The third-order valence-corrected chi connectivity index (χ3v) is 2.22. The van der Waals surface area contributed by atoms with E-state index in [-0.39, 0.29) is 12.3 Å². The van der Waals surface area contributed by atoms with Crippen LogP contribution in [-0.2, 0) is 20.8 Å². The van der Waals surface area contributed by atoms with Gasteiger partial charge in [-0.2, -0.15) is 0 Å². The Morgan fingerprint density at radius 2 is 1.88 bits per heavy atom. The van der Waals surface area contributed by atoms with Crippen LogP contribution in [0, 0.1) is 0 Å². The first kappa shape index (κ1) is 12.9. The Balaban J connectivity index is 2.73. The van der Waals surface area contributed by atoms with E-state index in [0.29, 0.717) is 12.1 Å². The summed E-state index contributed by atoms with van der Waals surface area (Å²) >= 11 is 0. The van der Waals surface area contributed by atoms with Gasteiger partial charge in [-0.05, 0) is 18.1 Å². The molecule has 0 unspecified atom stereocenters. The molecule has 0 heterocycles. The molecule has 1 aromatic carbocycles. The molecule has 90 valence electrons. The minimum absolute atomic E-state index is 0.0476. The Morgan fingerprint density at radius 3 is 2.47 bits per heavy atom. The van der Waals surface area contributed by atoms with Crippen LogP contribution in [0.5, 0.6) is 0 Å². The Labute approximate surface area is 99.0 Å². The molecule has 0 spiro atoms. The van der Waals surface area contributed by atoms with Crippen LogP contribution in [-0.4, -0.2) is 17.6 Å². The molecule has 3 N–H and O–H groups in total. The molecule has 5 nitrogen and oxygen atoms in total. The fourth-order valence-corrected chi connectivity index (χ4v) is 1.42. The van der Waals surface area contributed by atoms with Crippen molar-refractivity contribution >= 4 is 23.3 Å². The smallest absolute Gasteiger partial charge is 0.284 e. The number of amides is 2. The van der Waals surface area contributed by atoms with E-state index in [1.54, 1.807) is 24.3 Å². The van der Waals surface area contributed by atoms with Gasteiger partial charge < -0.3 is 11.1 Å². The van der Waals surface area contributed by atoms with Gasteiger partial charge in [0.05, 0.1) is 0 Å². The van der Waals surface area contributed by atoms with Crippen molar-refractivity contribution in [3.05, 3.63) is 29.8 Å². The summed E-state index contributed by atoms with van der Waals surface area (Å²) in [5, 5.41) is 2.66. The predicted molar refractivity (Wildman–Crippen MR) is 63.3 cm³/mol. The van der Waals surface area contributed by atoms with E-state index in [4.69, 9.17) is 5.73 Å². The first-order valence-electron chi connectivity index (χ1n) is 5.19. The minimum Gasteiger partial charge on any atom is -0.363 e. The maximum atomic E-state index is 11.1. The normalized spacial score (nSPS) is 9.71. The summed E-state index contributed by atoms with van der Waals surface area (Å²) in [5.41, 5.74) is 6.31. The lowest BCUT2D eigenvalue weighted by Gasteiger charge is -2.08. The number of Topliss-reactive ketones (excluding diaryl/α,β-unsaturated/α-hetero) is 1. The highest BCUT2D eigenvalue weighted by molar-refractivity contribution is 6.35. The molecule has 0 aliphatic rings. The highest BCUT2D eigenvalue weighted by Crippen LogP contribution is 2.16. The molecule has 0 atom stereocenters. The summed E-state index contributed by atoms with van der Waals surface area (Å²) in [6.45, 7) is 1.41. The molecule has 5 heteroatoms.